The Hall–Kier alpha value is -2.55. The molecule has 2 N–H and O–H groups in total. The van der Waals surface area contributed by atoms with Gasteiger partial charge in [0.25, 0.3) is 0 Å². The predicted molar refractivity (Wildman–Crippen MR) is 88.8 cm³/mol. The summed E-state index contributed by atoms with van der Waals surface area (Å²) >= 11 is 1.21. The number of thioether (sulfide) groups is 1. The number of hydrogen-bond acceptors (Lipinski definition) is 6. The number of methoxy groups -OCH3 is 1. The molecule has 0 bridgehead atoms. The number of rotatable bonds is 5. The molecule has 2 aromatic rings. The lowest BCUT2D eigenvalue weighted by atomic mass is 10.2. The number of carbonyl (C=O) groups excluding carboxylic acids is 2. The van der Waals surface area contributed by atoms with Crippen molar-refractivity contribution in [2.75, 3.05) is 20.2 Å². The zero-order valence-electron chi connectivity index (χ0n) is 13.3. The first-order chi connectivity index (χ1) is 11.6. The molecule has 1 aliphatic heterocycles. The third kappa shape index (κ3) is 3.35. The highest BCUT2D eigenvalue weighted by Crippen LogP contribution is 2.25. The van der Waals surface area contributed by atoms with E-state index in [2.05, 4.69) is 20.5 Å². The van der Waals surface area contributed by atoms with Crippen LogP contribution in [-0.4, -0.2) is 57.5 Å². The molecule has 1 aromatic carbocycles. The van der Waals surface area contributed by atoms with Gasteiger partial charge in [0.1, 0.15) is 5.75 Å². The molecule has 3 rings (SSSR count). The Balaban J connectivity index is 1.66. The van der Waals surface area contributed by atoms with E-state index in [1.807, 2.05) is 24.3 Å². The molecule has 0 radical (unpaired) electrons. The van der Waals surface area contributed by atoms with E-state index in [1.54, 1.807) is 14.0 Å². The van der Waals surface area contributed by atoms with Gasteiger partial charge < -0.3 is 10.1 Å². The van der Waals surface area contributed by atoms with Crippen LogP contribution in [0, 0.1) is 0 Å². The molecule has 3 amide bonds. The summed E-state index contributed by atoms with van der Waals surface area (Å²) in [6.45, 7) is 2.62. The Labute approximate surface area is 143 Å². The molecule has 24 heavy (non-hydrogen) atoms. The molecule has 8 nitrogen and oxygen atoms in total. The maximum Gasteiger partial charge on any atom is 0.324 e. The monoisotopic (exact) mass is 347 g/mol. The Morgan fingerprint density at radius 3 is 2.75 bits per heavy atom. The van der Waals surface area contributed by atoms with Crippen LogP contribution in [0.25, 0.3) is 11.4 Å². The molecule has 1 saturated heterocycles. The summed E-state index contributed by atoms with van der Waals surface area (Å²) in [4.78, 5) is 29.4. The Morgan fingerprint density at radius 1 is 1.38 bits per heavy atom. The van der Waals surface area contributed by atoms with Gasteiger partial charge in [-0.1, -0.05) is 11.8 Å². The average molecular weight is 347 g/mol. The number of amides is 3. The summed E-state index contributed by atoms with van der Waals surface area (Å²) in [6.07, 6.45) is 0. The van der Waals surface area contributed by atoms with E-state index in [9.17, 15) is 9.59 Å². The SMILES string of the molecule is COc1ccc(-c2nc(SC(C)C(=O)N3CCNC3=O)n[nH]2)cc1. The standard InChI is InChI=1S/C15H17N5O3S/c1-9(13(21)20-8-7-16-15(20)22)24-14-17-12(18-19-14)10-3-5-11(23-2)6-4-10/h3-6,9H,7-8H2,1-2H3,(H,16,22)(H,17,18,19). The minimum atomic E-state index is -0.451. The van der Waals surface area contributed by atoms with Crippen LogP contribution in [0.2, 0.25) is 0 Å². The van der Waals surface area contributed by atoms with Gasteiger partial charge in [0, 0.05) is 18.7 Å². The van der Waals surface area contributed by atoms with Crippen molar-refractivity contribution >= 4 is 23.7 Å². The van der Waals surface area contributed by atoms with E-state index >= 15 is 0 Å². The van der Waals surface area contributed by atoms with Crippen molar-refractivity contribution in [2.24, 2.45) is 0 Å². The molecular weight excluding hydrogens is 330 g/mol. The van der Waals surface area contributed by atoms with Gasteiger partial charge in [-0.25, -0.2) is 9.78 Å². The van der Waals surface area contributed by atoms with Crippen LogP contribution in [0.5, 0.6) is 5.75 Å². The van der Waals surface area contributed by atoms with Crippen LogP contribution in [-0.2, 0) is 4.79 Å². The van der Waals surface area contributed by atoms with Gasteiger partial charge in [0.15, 0.2) is 5.82 Å². The van der Waals surface area contributed by atoms with E-state index in [0.29, 0.717) is 24.1 Å². The van der Waals surface area contributed by atoms with Gasteiger partial charge in [0.05, 0.1) is 12.4 Å². The summed E-state index contributed by atoms with van der Waals surface area (Å²) in [7, 11) is 1.61. The van der Waals surface area contributed by atoms with E-state index in [-0.39, 0.29) is 11.9 Å². The first kappa shape index (κ1) is 16.3. The van der Waals surface area contributed by atoms with Crippen molar-refractivity contribution in [3.8, 4) is 17.1 Å². The van der Waals surface area contributed by atoms with Crippen molar-refractivity contribution in [1.82, 2.24) is 25.4 Å². The molecule has 0 spiro atoms. The number of H-pyrrole nitrogens is 1. The van der Waals surface area contributed by atoms with Crippen LogP contribution >= 0.6 is 11.8 Å². The lowest BCUT2D eigenvalue weighted by molar-refractivity contribution is -0.126. The zero-order chi connectivity index (χ0) is 17.1. The fourth-order valence-electron chi connectivity index (χ4n) is 2.29. The number of imide groups is 1. The van der Waals surface area contributed by atoms with E-state index in [1.165, 1.54) is 16.7 Å². The van der Waals surface area contributed by atoms with Gasteiger partial charge >= 0.3 is 6.03 Å². The van der Waals surface area contributed by atoms with Crippen molar-refractivity contribution in [2.45, 2.75) is 17.3 Å². The van der Waals surface area contributed by atoms with Gasteiger partial charge in [-0.05, 0) is 31.2 Å². The lowest BCUT2D eigenvalue weighted by Gasteiger charge is -2.15. The summed E-state index contributed by atoms with van der Waals surface area (Å²) in [5.41, 5.74) is 0.869. The topological polar surface area (TPSA) is 100 Å². The number of urea groups is 1. The molecule has 1 aliphatic rings. The van der Waals surface area contributed by atoms with Crippen molar-refractivity contribution in [1.29, 1.82) is 0 Å². The highest BCUT2D eigenvalue weighted by atomic mass is 32.2. The summed E-state index contributed by atoms with van der Waals surface area (Å²) in [5.74, 6) is 1.13. The molecule has 126 valence electrons. The van der Waals surface area contributed by atoms with Crippen molar-refractivity contribution in [3.05, 3.63) is 24.3 Å². The second kappa shape index (κ2) is 6.91. The zero-order valence-corrected chi connectivity index (χ0v) is 14.1. The second-order valence-electron chi connectivity index (χ2n) is 5.18. The fraction of sp³-hybridized carbons (Fsp3) is 0.333. The summed E-state index contributed by atoms with van der Waals surface area (Å²) in [5, 5.41) is 9.61. The molecule has 0 aliphatic carbocycles. The van der Waals surface area contributed by atoms with E-state index < -0.39 is 5.25 Å². The maximum absolute atomic E-state index is 12.3. The van der Waals surface area contributed by atoms with Crippen molar-refractivity contribution in [3.63, 3.8) is 0 Å². The van der Waals surface area contributed by atoms with Gasteiger partial charge in [0.2, 0.25) is 11.1 Å². The average Bonchev–Trinajstić information content (AvgIpc) is 3.23. The quantitative estimate of drug-likeness (QED) is 0.795. The number of ether oxygens (including phenoxy) is 1. The number of hydrogen-bond donors (Lipinski definition) is 2. The van der Waals surface area contributed by atoms with Crippen LogP contribution < -0.4 is 10.1 Å². The highest BCUT2D eigenvalue weighted by Gasteiger charge is 2.30. The van der Waals surface area contributed by atoms with Crippen LogP contribution in [0.1, 0.15) is 6.92 Å². The van der Waals surface area contributed by atoms with Gasteiger partial charge in [-0.3, -0.25) is 14.8 Å². The lowest BCUT2D eigenvalue weighted by Crippen LogP contribution is -2.38. The van der Waals surface area contributed by atoms with Crippen LogP contribution in [0.4, 0.5) is 4.79 Å². The van der Waals surface area contributed by atoms with E-state index in [4.69, 9.17) is 4.74 Å². The molecule has 1 atom stereocenters. The largest absolute Gasteiger partial charge is 0.497 e. The number of benzene rings is 1. The normalized spacial score (nSPS) is 15.2. The molecule has 9 heteroatoms. The minimum absolute atomic E-state index is 0.245. The van der Waals surface area contributed by atoms with Gasteiger partial charge in [-0.15, -0.1) is 5.10 Å². The highest BCUT2D eigenvalue weighted by molar-refractivity contribution is 8.00. The summed E-state index contributed by atoms with van der Waals surface area (Å²) < 4.78 is 5.12. The number of nitrogens with zero attached hydrogens (tertiary/aromatic N) is 3. The molecule has 0 saturated carbocycles. The molecular formula is C15H17N5O3S. The third-order valence-corrected chi connectivity index (χ3v) is 4.53. The number of carbonyl (C=O) groups is 2. The smallest absolute Gasteiger partial charge is 0.324 e. The second-order valence-corrected chi connectivity index (χ2v) is 6.48. The Bertz CT molecular complexity index is 746. The minimum Gasteiger partial charge on any atom is -0.497 e. The third-order valence-electron chi connectivity index (χ3n) is 3.58. The first-order valence-corrected chi connectivity index (χ1v) is 8.29. The number of aromatic amines is 1. The predicted octanol–water partition coefficient (Wildman–Crippen LogP) is 1.51. The Kier molecular flexibility index (Phi) is 4.70. The molecule has 2 heterocycles. The molecule has 1 unspecified atom stereocenters. The number of aromatic nitrogens is 3. The van der Waals surface area contributed by atoms with Crippen molar-refractivity contribution < 1.29 is 14.3 Å². The van der Waals surface area contributed by atoms with E-state index in [0.717, 1.165) is 11.3 Å². The van der Waals surface area contributed by atoms with Crippen LogP contribution in [0.3, 0.4) is 0 Å². The molecule has 1 aromatic heterocycles. The molecule has 1 fully saturated rings. The number of nitrogens with one attached hydrogen (secondary N) is 2. The van der Waals surface area contributed by atoms with Gasteiger partial charge in [-0.2, -0.15) is 0 Å². The Morgan fingerprint density at radius 2 is 2.12 bits per heavy atom. The fourth-order valence-corrected chi connectivity index (χ4v) is 3.07. The van der Waals surface area contributed by atoms with Crippen LogP contribution in [0.15, 0.2) is 29.4 Å². The summed E-state index contributed by atoms with van der Waals surface area (Å²) in [6, 6.07) is 7.07. The maximum atomic E-state index is 12.3. The first-order valence-electron chi connectivity index (χ1n) is 7.41.